The van der Waals surface area contributed by atoms with Crippen molar-refractivity contribution in [2.45, 2.75) is 10.7 Å². The minimum Gasteiger partial charge on any atom is -0.320 e. The first kappa shape index (κ1) is 17.4. The number of carbonyl (C=O) groups excluding carboxylic acids is 1. The summed E-state index contributed by atoms with van der Waals surface area (Å²) < 4.78 is 26.1. The van der Waals surface area contributed by atoms with Crippen LogP contribution in [0.2, 0.25) is 5.02 Å². The van der Waals surface area contributed by atoms with Crippen LogP contribution in [-0.2, 0) is 0 Å². The fourth-order valence-electron chi connectivity index (χ4n) is 2.15. The zero-order valence-electron chi connectivity index (χ0n) is 12.6. The Morgan fingerprint density at radius 1 is 1.20 bits per heavy atom. The number of nitrogens with zero attached hydrogens (tertiary/aromatic N) is 3. The molecule has 0 aliphatic rings. The number of para-hydroxylation sites is 1. The number of amides is 1. The van der Waals surface area contributed by atoms with Gasteiger partial charge in [0.25, 0.3) is 11.7 Å². The summed E-state index contributed by atoms with van der Waals surface area (Å²) in [5, 5.41) is 7.17. The molecule has 0 spiro atoms. The Kier molecular flexibility index (Phi) is 5.30. The second kappa shape index (κ2) is 7.62. The lowest BCUT2D eigenvalue weighted by molar-refractivity contribution is 0.102. The quantitative estimate of drug-likeness (QED) is 0.662. The van der Waals surface area contributed by atoms with Gasteiger partial charge in [-0.1, -0.05) is 29.4 Å². The smallest absolute Gasteiger partial charge is 0.288 e. The lowest BCUT2D eigenvalue weighted by atomic mass is 10.2. The van der Waals surface area contributed by atoms with Crippen LogP contribution in [0.25, 0.3) is 5.69 Å². The van der Waals surface area contributed by atoms with E-state index >= 15 is 0 Å². The van der Waals surface area contributed by atoms with E-state index in [4.69, 9.17) is 11.6 Å². The van der Waals surface area contributed by atoms with Gasteiger partial charge in [-0.05, 0) is 36.4 Å². The third-order valence-corrected chi connectivity index (χ3v) is 4.25. The second-order valence-corrected chi connectivity index (χ2v) is 6.30. The Bertz CT molecular complexity index is 872. The van der Waals surface area contributed by atoms with Crippen molar-refractivity contribution in [1.82, 2.24) is 14.8 Å². The van der Waals surface area contributed by atoms with Gasteiger partial charge in [0.1, 0.15) is 18.3 Å². The topological polar surface area (TPSA) is 59.8 Å². The summed E-state index contributed by atoms with van der Waals surface area (Å²) in [6, 6.07) is 11.0. The zero-order valence-corrected chi connectivity index (χ0v) is 14.1. The minimum absolute atomic E-state index is 0.336. The molecule has 0 unspecified atom stereocenters. The number of benzene rings is 2. The van der Waals surface area contributed by atoms with Crippen LogP contribution in [0.15, 0.2) is 60.0 Å². The highest BCUT2D eigenvalue weighted by atomic mass is 35.5. The number of hydrogen-bond acceptors (Lipinski definition) is 4. The van der Waals surface area contributed by atoms with Crippen molar-refractivity contribution in [2.24, 2.45) is 0 Å². The number of aromatic nitrogens is 3. The third kappa shape index (κ3) is 4.15. The Morgan fingerprint density at radius 2 is 1.96 bits per heavy atom. The number of carbonyl (C=O) groups is 1. The first-order valence-electron chi connectivity index (χ1n) is 7.04. The highest BCUT2D eigenvalue weighted by Gasteiger charge is 2.14. The van der Waals surface area contributed by atoms with Gasteiger partial charge in [0.15, 0.2) is 0 Å². The van der Waals surface area contributed by atoms with Crippen molar-refractivity contribution in [3.63, 3.8) is 0 Å². The summed E-state index contributed by atoms with van der Waals surface area (Å²) in [4.78, 5) is 16.7. The summed E-state index contributed by atoms with van der Waals surface area (Å²) in [5.41, 5.74) is 1.28. The molecule has 3 aromatic rings. The average molecular weight is 381 g/mol. The average Bonchev–Trinajstić information content (AvgIpc) is 3.09. The zero-order chi connectivity index (χ0) is 17.8. The maximum atomic E-state index is 12.4. The van der Waals surface area contributed by atoms with E-state index in [2.05, 4.69) is 15.4 Å². The lowest BCUT2D eigenvalue weighted by Gasteiger charge is -2.12. The van der Waals surface area contributed by atoms with E-state index in [9.17, 15) is 13.6 Å². The maximum absolute atomic E-state index is 12.4. The van der Waals surface area contributed by atoms with Crippen molar-refractivity contribution in [3.8, 4) is 5.69 Å². The van der Waals surface area contributed by atoms with Gasteiger partial charge < -0.3 is 5.32 Å². The van der Waals surface area contributed by atoms with E-state index in [0.29, 0.717) is 38.6 Å². The van der Waals surface area contributed by atoms with Gasteiger partial charge in [-0.25, -0.2) is 9.67 Å². The van der Waals surface area contributed by atoms with Gasteiger partial charge in [0.2, 0.25) is 0 Å². The predicted octanol–water partition coefficient (Wildman–Crippen LogP) is 4.49. The first-order valence-corrected chi connectivity index (χ1v) is 8.30. The molecule has 0 atom stereocenters. The highest BCUT2D eigenvalue weighted by molar-refractivity contribution is 7.99. The molecule has 1 amide bonds. The molecule has 128 valence electrons. The van der Waals surface area contributed by atoms with Crippen LogP contribution in [0.3, 0.4) is 0 Å². The second-order valence-electron chi connectivity index (χ2n) is 4.83. The Morgan fingerprint density at radius 3 is 2.60 bits per heavy atom. The van der Waals surface area contributed by atoms with Gasteiger partial charge in [-0.2, -0.15) is 13.9 Å². The van der Waals surface area contributed by atoms with Crippen molar-refractivity contribution in [3.05, 3.63) is 65.7 Å². The number of nitrogens with one attached hydrogen (secondary N) is 1. The van der Waals surface area contributed by atoms with E-state index in [1.807, 2.05) is 0 Å². The number of rotatable bonds is 5. The maximum Gasteiger partial charge on any atom is 0.288 e. The van der Waals surface area contributed by atoms with Crippen LogP contribution in [-0.4, -0.2) is 26.4 Å². The molecule has 9 heteroatoms. The van der Waals surface area contributed by atoms with Crippen molar-refractivity contribution in [2.75, 3.05) is 5.32 Å². The van der Waals surface area contributed by atoms with Crippen LogP contribution in [0.5, 0.6) is 0 Å². The first-order chi connectivity index (χ1) is 12.0. The Balaban J connectivity index is 1.83. The summed E-state index contributed by atoms with van der Waals surface area (Å²) in [7, 11) is 0. The molecule has 0 saturated heterocycles. The van der Waals surface area contributed by atoms with Crippen LogP contribution in [0, 0.1) is 0 Å². The third-order valence-electron chi connectivity index (χ3n) is 3.22. The normalized spacial score (nSPS) is 10.9. The van der Waals surface area contributed by atoms with E-state index in [-0.39, 0.29) is 0 Å². The molecule has 25 heavy (non-hydrogen) atoms. The Hall–Kier alpha value is -2.45. The standard InChI is InChI=1S/C16H11ClF2N4OS/c17-12-2-1-3-13(14(12)23-9-20-8-21-23)22-15(24)10-4-6-11(7-5-10)25-16(18)19/h1-9,16H,(H,22,24). The molecule has 0 aliphatic carbocycles. The monoisotopic (exact) mass is 380 g/mol. The molecular weight excluding hydrogens is 370 g/mol. The predicted molar refractivity (Wildman–Crippen MR) is 92.6 cm³/mol. The molecule has 2 aromatic carbocycles. The number of alkyl halides is 2. The largest absolute Gasteiger partial charge is 0.320 e. The van der Waals surface area contributed by atoms with Crippen LogP contribution >= 0.6 is 23.4 Å². The molecule has 5 nitrogen and oxygen atoms in total. The van der Waals surface area contributed by atoms with Crippen molar-refractivity contribution >= 4 is 35.0 Å². The van der Waals surface area contributed by atoms with E-state index < -0.39 is 11.7 Å². The fraction of sp³-hybridized carbons (Fsp3) is 0.0625. The molecule has 0 aliphatic heterocycles. The molecule has 1 heterocycles. The molecule has 0 fully saturated rings. The number of hydrogen-bond donors (Lipinski definition) is 1. The SMILES string of the molecule is O=C(Nc1cccc(Cl)c1-n1cncn1)c1ccc(SC(F)F)cc1. The van der Waals surface area contributed by atoms with Gasteiger partial charge in [-0.15, -0.1) is 0 Å². The molecular formula is C16H11ClF2N4OS. The van der Waals surface area contributed by atoms with Crippen molar-refractivity contribution in [1.29, 1.82) is 0 Å². The van der Waals surface area contributed by atoms with Crippen LogP contribution < -0.4 is 5.32 Å². The minimum atomic E-state index is -2.50. The summed E-state index contributed by atoms with van der Waals surface area (Å²) in [5.74, 6) is -2.89. The molecule has 0 radical (unpaired) electrons. The van der Waals surface area contributed by atoms with Crippen LogP contribution in [0.4, 0.5) is 14.5 Å². The molecule has 3 rings (SSSR count). The number of thioether (sulfide) groups is 1. The summed E-state index contributed by atoms with van der Waals surface area (Å²) >= 11 is 6.63. The highest BCUT2D eigenvalue weighted by Crippen LogP contribution is 2.29. The van der Waals surface area contributed by atoms with Gasteiger partial charge in [-0.3, -0.25) is 4.79 Å². The molecule has 1 N–H and O–H groups in total. The van der Waals surface area contributed by atoms with Crippen LogP contribution in [0.1, 0.15) is 10.4 Å². The fourth-order valence-corrected chi connectivity index (χ4v) is 2.92. The van der Waals surface area contributed by atoms with E-state index in [1.54, 1.807) is 18.2 Å². The molecule has 0 bridgehead atoms. The number of anilines is 1. The van der Waals surface area contributed by atoms with Gasteiger partial charge in [0.05, 0.1) is 10.7 Å². The summed E-state index contributed by atoms with van der Waals surface area (Å²) in [6.07, 6.45) is 2.82. The Labute approximate surface area is 151 Å². The van der Waals surface area contributed by atoms with E-state index in [1.165, 1.54) is 41.6 Å². The lowest BCUT2D eigenvalue weighted by Crippen LogP contribution is -2.14. The molecule has 1 aromatic heterocycles. The van der Waals surface area contributed by atoms with Crippen molar-refractivity contribution < 1.29 is 13.6 Å². The number of halogens is 3. The summed E-state index contributed by atoms with van der Waals surface area (Å²) in [6.45, 7) is 0. The van der Waals surface area contributed by atoms with E-state index in [0.717, 1.165) is 0 Å². The van der Waals surface area contributed by atoms with Gasteiger partial charge in [0, 0.05) is 10.5 Å². The van der Waals surface area contributed by atoms with Gasteiger partial charge >= 0.3 is 0 Å². The molecule has 0 saturated carbocycles.